The number of fused-ring (bicyclic) bond motifs is 1. The predicted octanol–water partition coefficient (Wildman–Crippen LogP) is 2.22. The fraction of sp³-hybridized carbons (Fsp3) is 0.353. The monoisotopic (exact) mass is 336 g/mol. The summed E-state index contributed by atoms with van der Waals surface area (Å²) in [6.07, 6.45) is 2.65. The van der Waals surface area contributed by atoms with E-state index in [4.69, 9.17) is 5.73 Å². The van der Waals surface area contributed by atoms with Gasteiger partial charge in [-0.2, -0.15) is 20.1 Å². The zero-order chi connectivity index (χ0) is 17.6. The van der Waals surface area contributed by atoms with E-state index >= 15 is 0 Å². The van der Waals surface area contributed by atoms with Crippen LogP contribution in [0.15, 0.2) is 35.7 Å². The summed E-state index contributed by atoms with van der Waals surface area (Å²) in [6, 6.07) is 7.95. The van der Waals surface area contributed by atoms with Gasteiger partial charge in [-0.3, -0.25) is 0 Å². The Morgan fingerprint density at radius 2 is 1.96 bits per heavy atom. The van der Waals surface area contributed by atoms with Gasteiger partial charge in [-0.05, 0) is 32.9 Å². The number of nitrogens with two attached hydrogens (primary N) is 1. The van der Waals surface area contributed by atoms with Crippen molar-refractivity contribution < 1.29 is 0 Å². The van der Waals surface area contributed by atoms with Crippen molar-refractivity contribution in [3.8, 4) is 0 Å². The number of nitrogens with zero attached hydrogens (tertiary/aromatic N) is 7. The molecule has 0 radical (unpaired) electrons. The molecule has 0 atom stereocenters. The lowest BCUT2D eigenvalue weighted by atomic mass is 9.99. The number of para-hydroxylation sites is 2. The minimum Gasteiger partial charge on any atom is -0.368 e. The highest BCUT2D eigenvalue weighted by Crippen LogP contribution is 2.30. The Morgan fingerprint density at radius 3 is 2.72 bits per heavy atom. The first-order valence-corrected chi connectivity index (χ1v) is 8.17. The van der Waals surface area contributed by atoms with Crippen LogP contribution in [-0.2, 0) is 6.54 Å². The predicted molar refractivity (Wildman–Crippen MR) is 97.4 cm³/mol. The maximum absolute atomic E-state index is 5.93. The molecule has 4 rings (SSSR count). The highest BCUT2D eigenvalue weighted by Gasteiger charge is 2.35. The summed E-state index contributed by atoms with van der Waals surface area (Å²) in [5.74, 6) is 1.26. The number of hydrazone groups is 1. The van der Waals surface area contributed by atoms with Gasteiger partial charge in [-0.15, -0.1) is 0 Å². The van der Waals surface area contributed by atoms with Gasteiger partial charge in [-0.1, -0.05) is 12.1 Å². The summed E-state index contributed by atoms with van der Waals surface area (Å²) in [7, 11) is 0. The van der Waals surface area contributed by atoms with E-state index in [1.807, 2.05) is 40.8 Å². The highest BCUT2D eigenvalue weighted by molar-refractivity contribution is 5.86. The third-order valence-corrected chi connectivity index (χ3v) is 4.25. The van der Waals surface area contributed by atoms with Crippen LogP contribution in [0, 0.1) is 0 Å². The molecule has 25 heavy (non-hydrogen) atoms. The molecule has 0 spiro atoms. The molecule has 1 aliphatic heterocycles. The average Bonchev–Trinajstić information content (AvgIpc) is 3.07. The molecule has 0 amide bonds. The topological polar surface area (TPSA) is 98.1 Å². The molecule has 128 valence electrons. The van der Waals surface area contributed by atoms with Gasteiger partial charge in [0.05, 0.1) is 29.4 Å². The van der Waals surface area contributed by atoms with Crippen LogP contribution in [0.3, 0.4) is 0 Å². The number of benzene rings is 1. The summed E-state index contributed by atoms with van der Waals surface area (Å²) in [5.41, 5.74) is 8.76. The molecule has 0 unspecified atom stereocenters. The summed E-state index contributed by atoms with van der Waals surface area (Å²) in [6.45, 7) is 6.69. The highest BCUT2D eigenvalue weighted by atomic mass is 15.6. The standard InChI is InChI=1S/C17H20N8/c1-11-8-17(2,3)25(23-11)16-21-14(20-15(18)22-16)9-24-10-19-12-6-4-5-7-13(12)24/h4-7,10H,8-9H2,1-3H3,(H2,18,20,21,22). The van der Waals surface area contributed by atoms with Crippen LogP contribution in [-0.4, -0.2) is 35.8 Å². The van der Waals surface area contributed by atoms with Gasteiger partial charge in [0.1, 0.15) is 0 Å². The first-order valence-electron chi connectivity index (χ1n) is 8.17. The SMILES string of the molecule is CC1=NN(c2nc(N)nc(Cn3cnc4ccccc43)n2)C(C)(C)C1. The molecular weight excluding hydrogens is 316 g/mol. The summed E-state index contributed by atoms with van der Waals surface area (Å²) in [4.78, 5) is 17.6. The maximum atomic E-state index is 5.93. The molecule has 0 fully saturated rings. The lowest BCUT2D eigenvalue weighted by molar-refractivity contribution is 0.504. The molecule has 3 heterocycles. The van der Waals surface area contributed by atoms with Crippen molar-refractivity contribution >= 4 is 28.6 Å². The van der Waals surface area contributed by atoms with Crippen molar-refractivity contribution in [3.05, 3.63) is 36.4 Å². The van der Waals surface area contributed by atoms with Gasteiger partial charge in [0.2, 0.25) is 5.95 Å². The van der Waals surface area contributed by atoms with Crippen LogP contribution >= 0.6 is 0 Å². The summed E-state index contributed by atoms with van der Waals surface area (Å²) >= 11 is 0. The number of imidazole rings is 1. The number of aromatic nitrogens is 5. The minimum absolute atomic E-state index is 0.184. The fourth-order valence-corrected chi connectivity index (χ4v) is 3.24. The fourth-order valence-electron chi connectivity index (χ4n) is 3.24. The molecule has 0 saturated carbocycles. The molecule has 8 heteroatoms. The Bertz CT molecular complexity index is 972. The molecule has 3 aromatic rings. The number of hydrogen-bond acceptors (Lipinski definition) is 7. The van der Waals surface area contributed by atoms with E-state index in [0.717, 1.165) is 23.2 Å². The van der Waals surface area contributed by atoms with Crippen molar-refractivity contribution in [1.29, 1.82) is 0 Å². The number of anilines is 2. The molecule has 0 aliphatic carbocycles. The van der Waals surface area contributed by atoms with Gasteiger partial charge < -0.3 is 10.3 Å². The van der Waals surface area contributed by atoms with Gasteiger partial charge in [0.25, 0.3) is 5.95 Å². The molecule has 8 nitrogen and oxygen atoms in total. The summed E-state index contributed by atoms with van der Waals surface area (Å²) in [5, 5.41) is 6.39. The normalized spacial score (nSPS) is 16.4. The number of hydrogen-bond donors (Lipinski definition) is 1. The van der Waals surface area contributed by atoms with Crippen molar-refractivity contribution in [3.63, 3.8) is 0 Å². The first-order chi connectivity index (χ1) is 11.9. The van der Waals surface area contributed by atoms with E-state index in [0.29, 0.717) is 18.3 Å². The second-order valence-corrected chi connectivity index (χ2v) is 6.91. The van der Waals surface area contributed by atoms with Crippen LogP contribution in [0.4, 0.5) is 11.9 Å². The van der Waals surface area contributed by atoms with Crippen LogP contribution in [0.25, 0.3) is 11.0 Å². The third kappa shape index (κ3) is 2.79. The second-order valence-electron chi connectivity index (χ2n) is 6.91. The van der Waals surface area contributed by atoms with E-state index in [-0.39, 0.29) is 11.5 Å². The largest absolute Gasteiger partial charge is 0.368 e. The molecule has 0 saturated heterocycles. The number of rotatable bonds is 3. The molecule has 2 aromatic heterocycles. The van der Waals surface area contributed by atoms with Crippen molar-refractivity contribution in [2.45, 2.75) is 39.3 Å². The van der Waals surface area contributed by atoms with Gasteiger partial charge in [0, 0.05) is 12.1 Å². The van der Waals surface area contributed by atoms with Gasteiger partial charge >= 0.3 is 0 Å². The Hall–Kier alpha value is -3.03. The van der Waals surface area contributed by atoms with Crippen LogP contribution in [0.1, 0.15) is 33.0 Å². The van der Waals surface area contributed by atoms with E-state index in [9.17, 15) is 0 Å². The molecule has 2 N–H and O–H groups in total. The van der Waals surface area contributed by atoms with Crippen LogP contribution < -0.4 is 10.7 Å². The zero-order valence-corrected chi connectivity index (χ0v) is 14.5. The van der Waals surface area contributed by atoms with Crippen molar-refractivity contribution in [1.82, 2.24) is 24.5 Å². The van der Waals surface area contributed by atoms with Crippen molar-refractivity contribution in [2.24, 2.45) is 5.10 Å². The van der Waals surface area contributed by atoms with E-state index in [2.05, 4.69) is 38.9 Å². The molecule has 1 aromatic carbocycles. The maximum Gasteiger partial charge on any atom is 0.251 e. The lowest BCUT2D eigenvalue weighted by Crippen LogP contribution is -2.38. The van der Waals surface area contributed by atoms with Crippen molar-refractivity contribution in [2.75, 3.05) is 10.7 Å². The Labute approximate surface area is 145 Å². The third-order valence-electron chi connectivity index (χ3n) is 4.25. The molecular formula is C17H20N8. The smallest absolute Gasteiger partial charge is 0.251 e. The Kier molecular flexibility index (Phi) is 3.41. The Morgan fingerprint density at radius 1 is 1.16 bits per heavy atom. The van der Waals surface area contributed by atoms with E-state index < -0.39 is 0 Å². The quantitative estimate of drug-likeness (QED) is 0.787. The number of nitrogen functional groups attached to an aromatic ring is 1. The second kappa shape index (κ2) is 5.51. The minimum atomic E-state index is -0.184. The average molecular weight is 336 g/mol. The summed E-state index contributed by atoms with van der Waals surface area (Å²) < 4.78 is 2.00. The molecule has 1 aliphatic rings. The van der Waals surface area contributed by atoms with E-state index in [1.54, 1.807) is 6.33 Å². The lowest BCUT2D eigenvalue weighted by Gasteiger charge is -2.28. The first kappa shape index (κ1) is 15.5. The van der Waals surface area contributed by atoms with Gasteiger partial charge in [-0.25, -0.2) is 9.99 Å². The molecule has 0 bridgehead atoms. The zero-order valence-electron chi connectivity index (χ0n) is 14.5. The van der Waals surface area contributed by atoms with Crippen LogP contribution in [0.5, 0.6) is 0 Å². The van der Waals surface area contributed by atoms with E-state index in [1.165, 1.54) is 0 Å². The Balaban J connectivity index is 1.71. The van der Waals surface area contributed by atoms with Gasteiger partial charge in [0.15, 0.2) is 5.82 Å². The van der Waals surface area contributed by atoms with Crippen LogP contribution in [0.2, 0.25) is 0 Å².